The van der Waals surface area contributed by atoms with Crippen LogP contribution in [0.5, 0.6) is 0 Å². The highest BCUT2D eigenvalue weighted by molar-refractivity contribution is 7.15. The van der Waals surface area contributed by atoms with Gasteiger partial charge in [-0.3, -0.25) is 14.6 Å². The molecular weight excluding hydrogens is 510 g/mol. The number of halogens is 1. The number of nitrogens with one attached hydrogen (secondary N) is 2. The number of rotatable bonds is 11. The molecule has 0 fully saturated rings. The van der Waals surface area contributed by atoms with Gasteiger partial charge in [-0.15, -0.1) is 15.3 Å². The van der Waals surface area contributed by atoms with Crippen LogP contribution >= 0.6 is 22.9 Å². The highest BCUT2D eigenvalue weighted by Gasteiger charge is 2.10. The number of benzene rings is 1. The SMILES string of the molecule is Cc1cccc(CC(=O)Nc2ccc(CCCCc3nnc(NC(=O)Cc4ccc(Cl)cn4)s3)nn2)c1. The highest BCUT2D eigenvalue weighted by Crippen LogP contribution is 2.18. The molecular formula is C26H26ClN7O2S. The molecule has 0 aliphatic rings. The number of amides is 2. The number of carbonyl (C=O) groups excluding carboxylic acids is 2. The average molecular weight is 536 g/mol. The quantitative estimate of drug-likeness (QED) is 0.269. The summed E-state index contributed by atoms with van der Waals surface area (Å²) in [5.74, 6) is 0.115. The molecule has 37 heavy (non-hydrogen) atoms. The van der Waals surface area contributed by atoms with Crippen molar-refractivity contribution in [2.24, 2.45) is 0 Å². The summed E-state index contributed by atoms with van der Waals surface area (Å²) in [5, 5.41) is 24.0. The summed E-state index contributed by atoms with van der Waals surface area (Å²) >= 11 is 7.18. The molecule has 0 radical (unpaired) electrons. The maximum Gasteiger partial charge on any atom is 0.232 e. The summed E-state index contributed by atoms with van der Waals surface area (Å²) < 4.78 is 0. The minimum atomic E-state index is -0.203. The smallest absolute Gasteiger partial charge is 0.232 e. The molecule has 0 unspecified atom stereocenters. The van der Waals surface area contributed by atoms with E-state index in [9.17, 15) is 9.59 Å². The van der Waals surface area contributed by atoms with Crippen molar-refractivity contribution in [2.45, 2.75) is 45.4 Å². The van der Waals surface area contributed by atoms with E-state index < -0.39 is 0 Å². The van der Waals surface area contributed by atoms with Gasteiger partial charge in [0.2, 0.25) is 16.9 Å². The number of anilines is 2. The summed E-state index contributed by atoms with van der Waals surface area (Å²) in [6, 6.07) is 14.9. The Morgan fingerprint density at radius 2 is 1.68 bits per heavy atom. The van der Waals surface area contributed by atoms with Crippen molar-refractivity contribution in [1.82, 2.24) is 25.4 Å². The second-order valence-corrected chi connectivity index (χ2v) is 10.0. The van der Waals surface area contributed by atoms with Crippen LogP contribution in [0, 0.1) is 6.92 Å². The van der Waals surface area contributed by atoms with Gasteiger partial charge in [-0.25, -0.2) is 0 Å². The molecule has 0 aliphatic heterocycles. The van der Waals surface area contributed by atoms with E-state index in [1.165, 1.54) is 17.5 Å². The van der Waals surface area contributed by atoms with Crippen molar-refractivity contribution in [2.75, 3.05) is 10.6 Å². The second-order valence-electron chi connectivity index (χ2n) is 8.52. The average Bonchev–Trinajstić information content (AvgIpc) is 3.31. The Kier molecular flexibility index (Phi) is 9.23. The first-order chi connectivity index (χ1) is 17.9. The minimum absolute atomic E-state index is 0.123. The number of unbranched alkanes of at least 4 members (excludes halogenated alkanes) is 1. The van der Waals surface area contributed by atoms with Crippen LogP contribution in [0.1, 0.15) is 40.4 Å². The second kappa shape index (κ2) is 13.0. The lowest BCUT2D eigenvalue weighted by Gasteiger charge is -2.05. The topological polar surface area (TPSA) is 123 Å². The van der Waals surface area contributed by atoms with E-state index in [0.29, 0.717) is 28.1 Å². The van der Waals surface area contributed by atoms with Gasteiger partial charge in [-0.05, 0) is 56.0 Å². The summed E-state index contributed by atoms with van der Waals surface area (Å²) in [5.41, 5.74) is 3.57. The molecule has 0 atom stereocenters. The fraction of sp³-hybridized carbons (Fsp3) is 0.269. The van der Waals surface area contributed by atoms with Crippen LogP contribution in [0.25, 0.3) is 0 Å². The van der Waals surface area contributed by atoms with Crippen LogP contribution in [0.15, 0.2) is 54.7 Å². The number of aromatic nitrogens is 5. The van der Waals surface area contributed by atoms with Crippen molar-refractivity contribution in [3.05, 3.63) is 87.3 Å². The largest absolute Gasteiger partial charge is 0.309 e. The maximum atomic E-state index is 12.3. The Labute approximate surface area is 223 Å². The lowest BCUT2D eigenvalue weighted by molar-refractivity contribution is -0.116. The summed E-state index contributed by atoms with van der Waals surface area (Å²) in [7, 11) is 0. The van der Waals surface area contributed by atoms with Gasteiger partial charge in [0, 0.05) is 18.3 Å². The van der Waals surface area contributed by atoms with Crippen molar-refractivity contribution in [3.63, 3.8) is 0 Å². The number of carbonyl (C=O) groups is 2. The van der Waals surface area contributed by atoms with E-state index in [1.54, 1.807) is 18.2 Å². The number of hydrogen-bond donors (Lipinski definition) is 2. The van der Waals surface area contributed by atoms with Crippen LogP contribution < -0.4 is 10.6 Å². The van der Waals surface area contributed by atoms with Gasteiger partial charge in [0.05, 0.1) is 23.6 Å². The Balaban J connectivity index is 1.15. The molecule has 0 saturated carbocycles. The van der Waals surface area contributed by atoms with E-state index in [4.69, 9.17) is 11.6 Å². The zero-order valence-corrected chi connectivity index (χ0v) is 21.8. The van der Waals surface area contributed by atoms with E-state index in [-0.39, 0.29) is 18.2 Å². The van der Waals surface area contributed by atoms with Crippen molar-refractivity contribution >= 4 is 45.7 Å². The Morgan fingerprint density at radius 3 is 2.43 bits per heavy atom. The molecule has 0 spiro atoms. The fourth-order valence-corrected chi connectivity index (χ4v) is 4.49. The molecule has 1 aromatic carbocycles. The van der Waals surface area contributed by atoms with Crippen molar-refractivity contribution in [1.29, 1.82) is 0 Å². The highest BCUT2D eigenvalue weighted by atomic mass is 35.5. The number of aryl methyl sites for hydroxylation is 3. The number of nitrogens with zero attached hydrogens (tertiary/aromatic N) is 5. The predicted molar refractivity (Wildman–Crippen MR) is 144 cm³/mol. The van der Waals surface area contributed by atoms with Gasteiger partial charge in [0.1, 0.15) is 5.01 Å². The van der Waals surface area contributed by atoms with Gasteiger partial charge in [-0.1, -0.05) is 52.8 Å². The first-order valence-corrected chi connectivity index (χ1v) is 13.0. The van der Waals surface area contributed by atoms with Crippen LogP contribution in [0.4, 0.5) is 10.9 Å². The van der Waals surface area contributed by atoms with Crippen molar-refractivity contribution in [3.8, 4) is 0 Å². The molecule has 3 aromatic heterocycles. The predicted octanol–water partition coefficient (Wildman–Crippen LogP) is 4.61. The normalized spacial score (nSPS) is 10.8. The van der Waals surface area contributed by atoms with E-state index in [0.717, 1.165) is 47.5 Å². The zero-order valence-electron chi connectivity index (χ0n) is 20.3. The Morgan fingerprint density at radius 1 is 0.865 bits per heavy atom. The van der Waals surface area contributed by atoms with Gasteiger partial charge in [-0.2, -0.15) is 5.10 Å². The summed E-state index contributed by atoms with van der Waals surface area (Å²) in [4.78, 5) is 28.6. The van der Waals surface area contributed by atoms with Gasteiger partial charge in [0.15, 0.2) is 5.82 Å². The molecule has 11 heteroatoms. The maximum absolute atomic E-state index is 12.3. The van der Waals surface area contributed by atoms with Gasteiger partial charge in [0.25, 0.3) is 0 Å². The third-order valence-electron chi connectivity index (χ3n) is 5.35. The van der Waals surface area contributed by atoms with Gasteiger partial charge < -0.3 is 10.6 Å². The fourth-order valence-electron chi connectivity index (χ4n) is 3.58. The van der Waals surface area contributed by atoms with Crippen LogP contribution in [-0.4, -0.2) is 37.2 Å². The third-order valence-corrected chi connectivity index (χ3v) is 6.47. The standard InChI is InChI=1S/C26H26ClN7O2S/c1-17-5-4-6-18(13-17)14-23(35)29-22-12-11-20(31-32-22)7-2-3-8-25-33-34-26(37-25)30-24(36)15-21-10-9-19(27)16-28-21/h4-6,9-13,16H,2-3,7-8,14-15H2,1H3,(H,29,32,35)(H,30,34,36). The summed E-state index contributed by atoms with van der Waals surface area (Å²) in [6.07, 6.45) is 5.27. The molecule has 0 aliphatic carbocycles. The Bertz CT molecular complexity index is 1340. The van der Waals surface area contributed by atoms with E-state index in [1.807, 2.05) is 37.3 Å². The van der Waals surface area contributed by atoms with Gasteiger partial charge >= 0.3 is 0 Å². The Hall–Kier alpha value is -3.76. The van der Waals surface area contributed by atoms with Crippen LogP contribution in [0.3, 0.4) is 0 Å². The monoisotopic (exact) mass is 535 g/mol. The molecule has 2 amide bonds. The lowest BCUT2D eigenvalue weighted by atomic mass is 10.1. The van der Waals surface area contributed by atoms with Crippen LogP contribution in [-0.2, 0) is 35.3 Å². The van der Waals surface area contributed by atoms with Crippen molar-refractivity contribution < 1.29 is 9.59 Å². The zero-order chi connectivity index (χ0) is 26.0. The molecule has 4 aromatic rings. The molecule has 2 N–H and O–H groups in total. The molecule has 0 bridgehead atoms. The minimum Gasteiger partial charge on any atom is -0.309 e. The molecule has 190 valence electrons. The third kappa shape index (κ3) is 8.69. The van der Waals surface area contributed by atoms with Crippen LogP contribution in [0.2, 0.25) is 5.02 Å². The number of hydrogen-bond acceptors (Lipinski definition) is 8. The molecule has 3 heterocycles. The number of pyridine rings is 1. The lowest BCUT2D eigenvalue weighted by Crippen LogP contribution is -2.16. The van der Waals surface area contributed by atoms with E-state index in [2.05, 4.69) is 36.0 Å². The molecule has 9 nitrogen and oxygen atoms in total. The molecule has 0 saturated heterocycles. The van der Waals surface area contributed by atoms with E-state index >= 15 is 0 Å². The molecule has 4 rings (SSSR count). The first kappa shape index (κ1) is 26.3. The summed E-state index contributed by atoms with van der Waals surface area (Å²) in [6.45, 7) is 2.00. The first-order valence-electron chi connectivity index (χ1n) is 11.8.